The molecular formula is C22H24N4O4S. The predicted octanol–water partition coefficient (Wildman–Crippen LogP) is 3.40. The molecule has 0 radical (unpaired) electrons. The van der Waals surface area contributed by atoms with E-state index in [2.05, 4.69) is 15.5 Å². The van der Waals surface area contributed by atoms with Gasteiger partial charge in [0.05, 0.1) is 11.4 Å². The topological polar surface area (TPSA) is 105 Å². The lowest BCUT2D eigenvalue weighted by molar-refractivity contribution is 0.0914. The van der Waals surface area contributed by atoms with Crippen LogP contribution in [-0.2, 0) is 10.0 Å². The highest BCUT2D eigenvalue weighted by Gasteiger charge is 2.29. The van der Waals surface area contributed by atoms with Crippen molar-refractivity contribution in [2.75, 3.05) is 16.6 Å². The highest BCUT2D eigenvalue weighted by Crippen LogP contribution is 2.27. The maximum absolute atomic E-state index is 13.0. The van der Waals surface area contributed by atoms with Crippen molar-refractivity contribution >= 4 is 21.6 Å². The monoisotopic (exact) mass is 440 g/mol. The van der Waals surface area contributed by atoms with Crippen LogP contribution >= 0.6 is 0 Å². The first-order valence-corrected chi connectivity index (χ1v) is 11.8. The summed E-state index contributed by atoms with van der Waals surface area (Å²) < 4.78 is 31.2. The molecule has 31 heavy (non-hydrogen) atoms. The van der Waals surface area contributed by atoms with Crippen molar-refractivity contribution in [3.05, 3.63) is 66.1 Å². The Morgan fingerprint density at radius 3 is 2.58 bits per heavy atom. The van der Waals surface area contributed by atoms with Crippen LogP contribution in [0.25, 0.3) is 11.4 Å². The largest absolute Gasteiger partial charge is 0.340 e. The molecule has 1 aromatic heterocycles. The number of rotatable bonds is 6. The van der Waals surface area contributed by atoms with Crippen LogP contribution in [0.1, 0.15) is 42.6 Å². The molecule has 1 fully saturated rings. The van der Waals surface area contributed by atoms with Crippen LogP contribution in [0, 0.1) is 5.92 Å². The standard InChI is InChI=1S/C22H24N4O4S/c1-15(2)19(22-24-20(25-30-22)16-8-4-3-5-9-16)23-21(27)17-10-6-11-18(14-17)26-12-7-13-31(26,28)29/h3-6,8-11,14-15,19H,7,12-13H2,1-2H3,(H,23,27). The van der Waals surface area contributed by atoms with Crippen molar-refractivity contribution in [3.63, 3.8) is 0 Å². The molecule has 1 aliphatic heterocycles. The van der Waals surface area contributed by atoms with Crippen LogP contribution in [0.2, 0.25) is 0 Å². The zero-order valence-electron chi connectivity index (χ0n) is 17.4. The van der Waals surface area contributed by atoms with Gasteiger partial charge in [0, 0.05) is 17.7 Å². The van der Waals surface area contributed by atoms with Gasteiger partial charge in [0.15, 0.2) is 0 Å². The molecule has 0 bridgehead atoms. The first kappa shape index (κ1) is 21.0. The van der Waals surface area contributed by atoms with Gasteiger partial charge in [-0.05, 0) is 30.5 Å². The minimum atomic E-state index is -3.32. The van der Waals surface area contributed by atoms with Crippen LogP contribution in [0.15, 0.2) is 59.1 Å². The molecule has 1 unspecified atom stereocenters. The molecule has 2 aromatic carbocycles. The first-order chi connectivity index (χ1) is 14.8. The summed E-state index contributed by atoms with van der Waals surface area (Å²) >= 11 is 0. The van der Waals surface area contributed by atoms with E-state index in [1.54, 1.807) is 24.3 Å². The Kier molecular flexibility index (Phi) is 5.77. The molecule has 3 aromatic rings. The Balaban J connectivity index is 1.55. The van der Waals surface area contributed by atoms with Gasteiger partial charge < -0.3 is 9.84 Å². The fraction of sp³-hybridized carbons (Fsp3) is 0.318. The minimum absolute atomic E-state index is 0.00448. The van der Waals surface area contributed by atoms with Gasteiger partial charge in [0.2, 0.25) is 21.7 Å². The number of aromatic nitrogens is 2. The van der Waals surface area contributed by atoms with E-state index in [1.165, 1.54) is 4.31 Å². The molecule has 1 aliphatic rings. The second kappa shape index (κ2) is 8.50. The molecule has 1 amide bonds. The van der Waals surface area contributed by atoms with E-state index in [-0.39, 0.29) is 17.6 Å². The number of amides is 1. The Morgan fingerprint density at radius 2 is 1.90 bits per heavy atom. The molecule has 0 saturated carbocycles. The SMILES string of the molecule is CC(C)C(NC(=O)c1cccc(N2CCCS2(=O)=O)c1)c1nc(-c2ccccc2)no1. The number of nitrogens with zero attached hydrogens (tertiary/aromatic N) is 3. The summed E-state index contributed by atoms with van der Waals surface area (Å²) in [7, 11) is -3.32. The molecule has 2 heterocycles. The van der Waals surface area contributed by atoms with Crippen LogP contribution in [0.5, 0.6) is 0 Å². The molecule has 1 saturated heterocycles. The second-order valence-corrected chi connectivity index (χ2v) is 9.82. The van der Waals surface area contributed by atoms with Gasteiger partial charge in [0.25, 0.3) is 5.91 Å². The molecule has 8 nitrogen and oxygen atoms in total. The van der Waals surface area contributed by atoms with Crippen LogP contribution in [-0.4, -0.2) is 36.8 Å². The summed E-state index contributed by atoms with van der Waals surface area (Å²) in [5, 5.41) is 6.99. The maximum Gasteiger partial charge on any atom is 0.252 e. The highest BCUT2D eigenvalue weighted by molar-refractivity contribution is 7.93. The van der Waals surface area contributed by atoms with E-state index >= 15 is 0 Å². The van der Waals surface area contributed by atoms with Crippen molar-refractivity contribution in [2.45, 2.75) is 26.3 Å². The summed E-state index contributed by atoms with van der Waals surface area (Å²) in [6.45, 7) is 4.32. The lowest BCUT2D eigenvalue weighted by Crippen LogP contribution is -2.32. The van der Waals surface area contributed by atoms with E-state index in [9.17, 15) is 13.2 Å². The second-order valence-electron chi connectivity index (χ2n) is 7.81. The number of carbonyl (C=O) groups is 1. The maximum atomic E-state index is 13.0. The lowest BCUT2D eigenvalue weighted by Gasteiger charge is -2.20. The quantitative estimate of drug-likeness (QED) is 0.630. The molecule has 1 atom stereocenters. The number of sulfonamides is 1. The van der Waals surface area contributed by atoms with Crippen molar-refractivity contribution in [3.8, 4) is 11.4 Å². The summed E-state index contributed by atoms with van der Waals surface area (Å²) in [4.78, 5) is 17.4. The number of hydrogen-bond acceptors (Lipinski definition) is 6. The summed E-state index contributed by atoms with van der Waals surface area (Å²) in [6, 6.07) is 15.6. The average Bonchev–Trinajstić information content (AvgIpc) is 3.38. The van der Waals surface area contributed by atoms with Gasteiger partial charge in [0.1, 0.15) is 6.04 Å². The molecule has 1 N–H and O–H groups in total. The minimum Gasteiger partial charge on any atom is -0.340 e. The molecule has 0 aliphatic carbocycles. The predicted molar refractivity (Wildman–Crippen MR) is 117 cm³/mol. The van der Waals surface area contributed by atoms with Gasteiger partial charge in [-0.3, -0.25) is 9.10 Å². The van der Waals surface area contributed by atoms with Gasteiger partial charge in [-0.1, -0.05) is 55.4 Å². The number of nitrogens with one attached hydrogen (secondary N) is 1. The van der Waals surface area contributed by atoms with Gasteiger partial charge >= 0.3 is 0 Å². The van der Waals surface area contributed by atoms with Gasteiger partial charge in [-0.25, -0.2) is 8.42 Å². The van der Waals surface area contributed by atoms with Gasteiger partial charge in [-0.2, -0.15) is 4.98 Å². The third-order valence-electron chi connectivity index (χ3n) is 5.19. The fourth-order valence-corrected chi connectivity index (χ4v) is 5.09. The molecule has 0 spiro atoms. The first-order valence-electron chi connectivity index (χ1n) is 10.2. The van der Waals surface area contributed by atoms with Gasteiger partial charge in [-0.15, -0.1) is 0 Å². The van der Waals surface area contributed by atoms with Crippen molar-refractivity contribution in [2.24, 2.45) is 5.92 Å². The molecule has 162 valence electrons. The molecule has 4 rings (SSSR count). The zero-order chi connectivity index (χ0) is 22.0. The van der Waals surface area contributed by atoms with E-state index in [0.717, 1.165) is 5.56 Å². The third kappa shape index (κ3) is 4.46. The number of benzene rings is 2. The van der Waals surface area contributed by atoms with E-state index < -0.39 is 16.1 Å². The molecular weight excluding hydrogens is 416 g/mol. The number of hydrogen-bond donors (Lipinski definition) is 1. The van der Waals surface area contributed by atoms with E-state index in [0.29, 0.717) is 35.9 Å². The van der Waals surface area contributed by atoms with Crippen LogP contribution in [0.3, 0.4) is 0 Å². The zero-order valence-corrected chi connectivity index (χ0v) is 18.2. The summed E-state index contributed by atoms with van der Waals surface area (Å²) in [5.41, 5.74) is 1.69. The number of anilines is 1. The Labute approximate surface area is 181 Å². The summed E-state index contributed by atoms with van der Waals surface area (Å²) in [5.74, 6) is 0.559. The normalized spacial score (nSPS) is 16.4. The van der Waals surface area contributed by atoms with E-state index in [1.807, 2.05) is 44.2 Å². The number of carbonyl (C=O) groups excluding carboxylic acids is 1. The van der Waals surface area contributed by atoms with Crippen LogP contribution in [0.4, 0.5) is 5.69 Å². The average molecular weight is 441 g/mol. The third-order valence-corrected chi connectivity index (χ3v) is 7.06. The van der Waals surface area contributed by atoms with Crippen molar-refractivity contribution in [1.29, 1.82) is 0 Å². The Bertz CT molecular complexity index is 1170. The molecule has 9 heteroatoms. The fourth-order valence-electron chi connectivity index (χ4n) is 3.54. The van der Waals surface area contributed by atoms with Crippen molar-refractivity contribution in [1.82, 2.24) is 15.5 Å². The Morgan fingerprint density at radius 1 is 1.13 bits per heavy atom. The van der Waals surface area contributed by atoms with Crippen molar-refractivity contribution < 1.29 is 17.7 Å². The highest BCUT2D eigenvalue weighted by atomic mass is 32.2. The summed E-state index contributed by atoms with van der Waals surface area (Å²) in [6.07, 6.45) is 0.578. The van der Waals surface area contributed by atoms with Crippen LogP contribution < -0.4 is 9.62 Å². The lowest BCUT2D eigenvalue weighted by atomic mass is 10.0. The Hall–Kier alpha value is -3.20. The smallest absolute Gasteiger partial charge is 0.252 e. The van der Waals surface area contributed by atoms with E-state index in [4.69, 9.17) is 4.52 Å².